The van der Waals surface area contributed by atoms with Crippen molar-refractivity contribution in [1.82, 2.24) is 14.9 Å². The molecule has 1 aromatic heterocycles. The van der Waals surface area contributed by atoms with Crippen LogP contribution in [0.3, 0.4) is 0 Å². The Balaban J connectivity index is 1.58. The van der Waals surface area contributed by atoms with E-state index in [0.717, 1.165) is 27.6 Å². The number of fused-ring (bicyclic) bond motifs is 2. The fourth-order valence-electron chi connectivity index (χ4n) is 3.20. The van der Waals surface area contributed by atoms with Crippen LogP contribution in [0.25, 0.3) is 10.8 Å². The van der Waals surface area contributed by atoms with Gasteiger partial charge in [-0.05, 0) is 16.3 Å². The van der Waals surface area contributed by atoms with Crippen LogP contribution >= 0.6 is 0 Å². The average Bonchev–Trinajstić information content (AvgIpc) is 3.00. The molecular weight excluding hydrogens is 302 g/mol. The number of nitrogens with two attached hydrogens (primary N) is 2. The van der Waals surface area contributed by atoms with E-state index in [4.69, 9.17) is 11.5 Å². The first-order valence-corrected chi connectivity index (χ1v) is 7.77. The van der Waals surface area contributed by atoms with Gasteiger partial charge in [0.05, 0.1) is 25.2 Å². The van der Waals surface area contributed by atoms with Crippen LogP contribution in [0.2, 0.25) is 0 Å². The highest BCUT2D eigenvalue weighted by atomic mass is 16.2. The lowest BCUT2D eigenvalue weighted by Crippen LogP contribution is -2.27. The predicted octanol–water partition coefficient (Wildman–Crippen LogP) is 1.88. The highest BCUT2D eigenvalue weighted by Crippen LogP contribution is 2.27. The molecule has 0 aliphatic carbocycles. The first-order chi connectivity index (χ1) is 11.6. The number of carbonyl (C=O) groups excluding carboxylic acids is 1. The fourth-order valence-corrected chi connectivity index (χ4v) is 3.20. The number of benzene rings is 2. The molecule has 1 amide bonds. The van der Waals surface area contributed by atoms with Gasteiger partial charge in [-0.15, -0.1) is 0 Å². The van der Waals surface area contributed by atoms with Crippen LogP contribution in [-0.4, -0.2) is 20.8 Å². The molecule has 2 heterocycles. The Kier molecular flexibility index (Phi) is 3.30. The zero-order valence-corrected chi connectivity index (χ0v) is 13.1. The molecule has 0 radical (unpaired) electrons. The topological polar surface area (TPSA) is 98.1 Å². The number of hydrogen-bond acceptors (Lipinski definition) is 5. The summed E-state index contributed by atoms with van der Waals surface area (Å²) in [6.45, 7) is 0.862. The molecule has 1 aliphatic rings. The van der Waals surface area contributed by atoms with Crippen molar-refractivity contribution in [3.8, 4) is 0 Å². The van der Waals surface area contributed by atoms with E-state index in [9.17, 15) is 4.79 Å². The standard InChI is InChI=1S/C18H17N5O/c19-17-14-9-23(10-15(14)21-18(20)22-17)16(24)8-12-6-3-5-11-4-1-2-7-13(11)12/h1-7H,8-10H2,(H4,19,20,21,22). The first kappa shape index (κ1) is 14.4. The van der Waals surface area contributed by atoms with Crippen LogP contribution in [0.15, 0.2) is 42.5 Å². The molecule has 4 N–H and O–H groups in total. The normalized spacial score (nSPS) is 13.2. The lowest BCUT2D eigenvalue weighted by atomic mass is 10.0. The van der Waals surface area contributed by atoms with Gasteiger partial charge in [0.2, 0.25) is 11.9 Å². The van der Waals surface area contributed by atoms with Crippen molar-refractivity contribution in [2.24, 2.45) is 0 Å². The van der Waals surface area contributed by atoms with Gasteiger partial charge in [-0.2, -0.15) is 4.98 Å². The molecular formula is C18H17N5O. The highest BCUT2D eigenvalue weighted by Gasteiger charge is 2.27. The van der Waals surface area contributed by atoms with E-state index >= 15 is 0 Å². The second kappa shape index (κ2) is 5.49. The summed E-state index contributed by atoms with van der Waals surface area (Å²) in [6, 6.07) is 14.1. The molecule has 3 aromatic rings. The number of rotatable bonds is 2. The van der Waals surface area contributed by atoms with Crippen LogP contribution in [0.1, 0.15) is 16.8 Å². The Hall–Kier alpha value is -3.15. The molecule has 6 heteroatoms. The largest absolute Gasteiger partial charge is 0.383 e. The number of hydrogen-bond donors (Lipinski definition) is 2. The van der Waals surface area contributed by atoms with E-state index in [-0.39, 0.29) is 11.9 Å². The Morgan fingerprint density at radius 1 is 1.04 bits per heavy atom. The van der Waals surface area contributed by atoms with Crippen LogP contribution in [0.5, 0.6) is 0 Å². The Bertz CT molecular complexity index is 948. The predicted molar refractivity (Wildman–Crippen MR) is 92.8 cm³/mol. The van der Waals surface area contributed by atoms with Crippen molar-refractivity contribution in [3.05, 3.63) is 59.3 Å². The summed E-state index contributed by atoms with van der Waals surface area (Å²) in [6.07, 6.45) is 0.345. The number of anilines is 2. The maximum Gasteiger partial charge on any atom is 0.227 e. The van der Waals surface area contributed by atoms with E-state index in [1.54, 1.807) is 4.90 Å². The quantitative estimate of drug-likeness (QED) is 0.751. The molecule has 120 valence electrons. The van der Waals surface area contributed by atoms with E-state index in [1.807, 2.05) is 42.5 Å². The molecule has 0 unspecified atom stereocenters. The molecule has 24 heavy (non-hydrogen) atoms. The van der Waals surface area contributed by atoms with Crippen molar-refractivity contribution in [2.45, 2.75) is 19.5 Å². The average molecular weight is 319 g/mol. The molecule has 0 fully saturated rings. The van der Waals surface area contributed by atoms with Crippen molar-refractivity contribution in [1.29, 1.82) is 0 Å². The lowest BCUT2D eigenvalue weighted by molar-refractivity contribution is -0.131. The third-order valence-corrected chi connectivity index (χ3v) is 4.41. The Morgan fingerprint density at radius 3 is 2.71 bits per heavy atom. The van der Waals surface area contributed by atoms with Gasteiger partial charge in [-0.25, -0.2) is 4.98 Å². The molecule has 0 spiro atoms. The van der Waals surface area contributed by atoms with Gasteiger partial charge in [0.25, 0.3) is 0 Å². The van der Waals surface area contributed by atoms with E-state index in [2.05, 4.69) is 9.97 Å². The third-order valence-electron chi connectivity index (χ3n) is 4.41. The molecule has 4 rings (SSSR count). The number of amides is 1. The number of aromatic nitrogens is 2. The highest BCUT2D eigenvalue weighted by molar-refractivity contribution is 5.90. The summed E-state index contributed by atoms with van der Waals surface area (Å²) in [5, 5.41) is 2.24. The van der Waals surface area contributed by atoms with Crippen LogP contribution in [-0.2, 0) is 24.3 Å². The Labute approximate surface area is 139 Å². The monoisotopic (exact) mass is 319 g/mol. The SMILES string of the molecule is Nc1nc(N)c2c(n1)CN(C(=O)Cc1cccc3ccccc13)C2. The smallest absolute Gasteiger partial charge is 0.227 e. The summed E-state index contributed by atoms with van der Waals surface area (Å²) in [4.78, 5) is 22.6. The van der Waals surface area contributed by atoms with Crippen molar-refractivity contribution >= 4 is 28.4 Å². The van der Waals surface area contributed by atoms with Gasteiger partial charge >= 0.3 is 0 Å². The second-order valence-electron chi connectivity index (χ2n) is 5.96. The van der Waals surface area contributed by atoms with Gasteiger partial charge in [0.1, 0.15) is 5.82 Å². The molecule has 0 saturated carbocycles. The number of nitrogens with zero attached hydrogens (tertiary/aromatic N) is 3. The van der Waals surface area contributed by atoms with Gasteiger partial charge in [-0.3, -0.25) is 4.79 Å². The maximum absolute atomic E-state index is 12.7. The molecule has 2 aromatic carbocycles. The van der Waals surface area contributed by atoms with Gasteiger partial charge in [0, 0.05) is 5.56 Å². The van der Waals surface area contributed by atoms with Gasteiger partial charge in [-0.1, -0.05) is 42.5 Å². The van der Waals surface area contributed by atoms with Crippen molar-refractivity contribution < 1.29 is 4.79 Å². The molecule has 0 bridgehead atoms. The van der Waals surface area contributed by atoms with Crippen molar-refractivity contribution in [2.75, 3.05) is 11.5 Å². The van der Waals surface area contributed by atoms with Crippen molar-refractivity contribution in [3.63, 3.8) is 0 Å². The molecule has 0 atom stereocenters. The summed E-state index contributed by atoms with van der Waals surface area (Å²) < 4.78 is 0. The molecule has 6 nitrogen and oxygen atoms in total. The van der Waals surface area contributed by atoms with Gasteiger partial charge < -0.3 is 16.4 Å². The lowest BCUT2D eigenvalue weighted by Gasteiger charge is -2.16. The summed E-state index contributed by atoms with van der Waals surface area (Å²) >= 11 is 0. The van der Waals surface area contributed by atoms with Crippen LogP contribution in [0.4, 0.5) is 11.8 Å². The third kappa shape index (κ3) is 2.42. The minimum Gasteiger partial charge on any atom is -0.383 e. The molecule has 0 saturated heterocycles. The minimum absolute atomic E-state index is 0.0438. The molecule has 1 aliphatic heterocycles. The summed E-state index contributed by atoms with van der Waals surface area (Å²) in [5.74, 6) is 0.551. The Morgan fingerprint density at radius 2 is 1.83 bits per heavy atom. The second-order valence-corrected chi connectivity index (χ2v) is 5.96. The summed E-state index contributed by atoms with van der Waals surface area (Å²) in [7, 11) is 0. The zero-order valence-electron chi connectivity index (χ0n) is 13.1. The minimum atomic E-state index is 0.0438. The first-order valence-electron chi connectivity index (χ1n) is 7.77. The number of nitrogen functional groups attached to an aromatic ring is 2. The van der Waals surface area contributed by atoms with E-state index in [0.29, 0.717) is 25.3 Å². The maximum atomic E-state index is 12.7. The summed E-state index contributed by atoms with van der Waals surface area (Å²) in [5.41, 5.74) is 14.1. The fraction of sp³-hybridized carbons (Fsp3) is 0.167. The zero-order chi connectivity index (χ0) is 16.7. The van der Waals surface area contributed by atoms with E-state index in [1.165, 1.54) is 0 Å². The van der Waals surface area contributed by atoms with E-state index < -0.39 is 0 Å². The van der Waals surface area contributed by atoms with Gasteiger partial charge in [0.15, 0.2) is 0 Å². The van der Waals surface area contributed by atoms with Crippen LogP contribution in [0, 0.1) is 0 Å². The van der Waals surface area contributed by atoms with Crippen LogP contribution < -0.4 is 11.5 Å². The number of carbonyl (C=O) groups is 1.